The largest absolute Gasteiger partial charge is 0.456 e. The number of thioether (sulfide) groups is 1. The Hall–Kier alpha value is -3.01. The molecule has 2 unspecified atom stereocenters. The predicted octanol–water partition coefficient (Wildman–Crippen LogP) is 5.01. The number of carbonyl (C=O) groups is 4. The van der Waals surface area contributed by atoms with Crippen LogP contribution in [0.3, 0.4) is 0 Å². The van der Waals surface area contributed by atoms with Crippen LogP contribution in [0.2, 0.25) is 0 Å². The molecule has 2 aliphatic heterocycles. The summed E-state index contributed by atoms with van der Waals surface area (Å²) in [5.41, 5.74) is 0.0180. The molecular formula is C33H51N5O8S2. The van der Waals surface area contributed by atoms with E-state index in [4.69, 9.17) is 19.0 Å². The van der Waals surface area contributed by atoms with Crippen LogP contribution in [0.25, 0.3) is 0 Å². The minimum Gasteiger partial charge on any atom is -0.456 e. The van der Waals surface area contributed by atoms with Crippen molar-refractivity contribution in [2.75, 3.05) is 38.9 Å². The molecule has 1 aromatic heterocycles. The molecule has 3 atom stereocenters. The topological polar surface area (TPSA) is 158 Å². The molecule has 0 saturated carbocycles. The minimum absolute atomic E-state index is 0.156. The number of thiazole rings is 1. The van der Waals surface area contributed by atoms with Gasteiger partial charge < -0.3 is 34.6 Å². The summed E-state index contributed by atoms with van der Waals surface area (Å²) in [6.45, 7) is 5.97. The average Bonchev–Trinajstić information content (AvgIpc) is 3.55. The number of fused-ring (bicyclic) bond motifs is 1. The van der Waals surface area contributed by atoms with Gasteiger partial charge in [-0.05, 0) is 24.3 Å². The number of hydrogen-bond donors (Lipinski definition) is 2. The lowest BCUT2D eigenvalue weighted by atomic mass is 10.0. The third-order valence-electron chi connectivity index (χ3n) is 7.89. The summed E-state index contributed by atoms with van der Waals surface area (Å²) in [7, 11) is 1.28. The lowest BCUT2D eigenvalue weighted by Crippen LogP contribution is -2.73. The van der Waals surface area contributed by atoms with Crippen LogP contribution in [-0.4, -0.2) is 96.9 Å². The second-order valence-electron chi connectivity index (χ2n) is 11.7. The number of ether oxygens (including phenoxy) is 3. The Bertz CT molecular complexity index is 1190. The molecule has 3 rings (SSSR count). The lowest BCUT2D eigenvalue weighted by Gasteiger charge is -2.50. The first kappa shape index (κ1) is 39.4. The van der Waals surface area contributed by atoms with Crippen molar-refractivity contribution in [2.24, 2.45) is 5.16 Å². The lowest BCUT2D eigenvalue weighted by molar-refractivity contribution is -0.169. The number of β-lactam (4-membered cyclic amide) rings is 1. The quantitative estimate of drug-likeness (QED) is 0.0335. The first-order chi connectivity index (χ1) is 23.4. The van der Waals surface area contributed by atoms with E-state index in [1.807, 2.05) is 0 Å². The highest BCUT2D eigenvalue weighted by Crippen LogP contribution is 2.37. The molecule has 3 heterocycles. The van der Waals surface area contributed by atoms with Gasteiger partial charge in [-0.3, -0.25) is 14.4 Å². The van der Waals surface area contributed by atoms with Gasteiger partial charge in [0.2, 0.25) is 12.3 Å². The molecule has 1 aromatic rings. The van der Waals surface area contributed by atoms with E-state index in [1.165, 1.54) is 80.5 Å². The van der Waals surface area contributed by atoms with Gasteiger partial charge in [0.25, 0.3) is 5.91 Å². The van der Waals surface area contributed by atoms with E-state index in [2.05, 4.69) is 34.6 Å². The van der Waals surface area contributed by atoms with Crippen molar-refractivity contribution in [3.05, 3.63) is 22.6 Å². The van der Waals surface area contributed by atoms with Gasteiger partial charge in [-0.25, -0.2) is 9.78 Å². The van der Waals surface area contributed by atoms with E-state index < -0.39 is 41.3 Å². The summed E-state index contributed by atoms with van der Waals surface area (Å²) >= 11 is 2.41. The Kier molecular flexibility index (Phi) is 18.6. The second kappa shape index (κ2) is 22.6. The summed E-state index contributed by atoms with van der Waals surface area (Å²) in [6.07, 6.45) is 15.3. The number of aromatic nitrogens is 1. The normalized spacial score (nSPS) is 18.8. The standard InChI is InChI=1S/C33H51N5O8S2/c1-4-6-8-10-12-14-17-44-20-24(21-45-18-15-13-11-9-7-5-2)46-32(42)26-16-19-47-31-28(30(41)38(26)31)36-29(40)27(37-43-3)25-22-48-33(35-25)34-23-39/h16,19,22-24,26,28,31H,4-15,17-18,20-21H2,1-3H3,(H,36,40)(H,34,35,39)/b37-27-/t26?,28?,31-/m1/s1. The van der Waals surface area contributed by atoms with Crippen molar-refractivity contribution >= 4 is 58.1 Å². The SMILES string of the molecule is CCCCCCCCOCC(COCCCCCCCC)OC(=O)C1C=CS[C@@H]2C(NC(=O)/C(=N\OC)c3csc(NC=O)n3)C(=O)N12. The molecule has 3 amide bonds. The molecule has 15 heteroatoms. The van der Waals surface area contributed by atoms with E-state index in [0.717, 1.165) is 37.0 Å². The highest BCUT2D eigenvalue weighted by Gasteiger charge is 2.54. The minimum atomic E-state index is -0.945. The summed E-state index contributed by atoms with van der Waals surface area (Å²) in [4.78, 5) is 61.0. The first-order valence-corrected chi connectivity index (χ1v) is 18.9. The molecule has 2 N–H and O–H groups in total. The number of unbranched alkanes of at least 4 members (excludes halogenated alkanes) is 10. The summed E-state index contributed by atoms with van der Waals surface area (Å²) in [6, 6.07) is -1.85. The molecule has 0 aliphatic carbocycles. The maximum absolute atomic E-state index is 13.4. The third kappa shape index (κ3) is 12.5. The Morgan fingerprint density at radius 2 is 1.62 bits per heavy atom. The zero-order valence-electron chi connectivity index (χ0n) is 28.4. The fraction of sp³-hybridized carbons (Fsp3) is 0.697. The third-order valence-corrected chi connectivity index (χ3v) is 9.75. The molecule has 0 aromatic carbocycles. The highest BCUT2D eigenvalue weighted by atomic mass is 32.2. The maximum atomic E-state index is 13.4. The maximum Gasteiger partial charge on any atom is 0.333 e. The Morgan fingerprint density at radius 3 is 2.23 bits per heavy atom. The van der Waals surface area contributed by atoms with Gasteiger partial charge in [0.1, 0.15) is 36.4 Å². The second-order valence-corrected chi connectivity index (χ2v) is 13.5. The van der Waals surface area contributed by atoms with Gasteiger partial charge in [-0.1, -0.05) is 83.2 Å². The van der Waals surface area contributed by atoms with Crippen molar-refractivity contribution in [2.45, 2.75) is 114 Å². The number of amides is 3. The van der Waals surface area contributed by atoms with Gasteiger partial charge in [-0.2, -0.15) is 0 Å². The molecule has 0 bridgehead atoms. The number of hydrogen-bond acceptors (Lipinski definition) is 12. The van der Waals surface area contributed by atoms with E-state index in [0.29, 0.717) is 19.6 Å². The Balaban J connectivity index is 1.54. The molecule has 268 valence electrons. The number of rotatable bonds is 26. The van der Waals surface area contributed by atoms with Crippen LogP contribution < -0.4 is 10.6 Å². The zero-order valence-corrected chi connectivity index (χ0v) is 30.0. The zero-order chi connectivity index (χ0) is 34.6. The van der Waals surface area contributed by atoms with Crippen molar-refractivity contribution in [3.8, 4) is 0 Å². The van der Waals surface area contributed by atoms with Crippen LogP contribution in [0.5, 0.6) is 0 Å². The van der Waals surface area contributed by atoms with Crippen molar-refractivity contribution in [3.63, 3.8) is 0 Å². The van der Waals surface area contributed by atoms with Crippen LogP contribution in [-0.2, 0) is 38.2 Å². The summed E-state index contributed by atoms with van der Waals surface area (Å²) in [5.74, 6) is -1.69. The molecule has 0 spiro atoms. The number of nitrogens with one attached hydrogen (secondary N) is 2. The van der Waals surface area contributed by atoms with Gasteiger partial charge in [0.15, 0.2) is 10.8 Å². The van der Waals surface area contributed by atoms with Gasteiger partial charge >= 0.3 is 5.97 Å². The summed E-state index contributed by atoms with van der Waals surface area (Å²) < 4.78 is 17.7. The monoisotopic (exact) mass is 709 g/mol. The fourth-order valence-electron chi connectivity index (χ4n) is 5.30. The fourth-order valence-corrected chi connectivity index (χ4v) is 7.06. The van der Waals surface area contributed by atoms with E-state index >= 15 is 0 Å². The number of anilines is 1. The highest BCUT2D eigenvalue weighted by molar-refractivity contribution is 8.02. The van der Waals surface area contributed by atoms with Gasteiger partial charge in [-0.15, -0.1) is 23.1 Å². The van der Waals surface area contributed by atoms with Crippen LogP contribution >= 0.6 is 23.1 Å². The Labute approximate surface area is 291 Å². The van der Waals surface area contributed by atoms with Gasteiger partial charge in [0.05, 0.1) is 13.2 Å². The molecule has 1 fully saturated rings. The molecule has 48 heavy (non-hydrogen) atoms. The average molecular weight is 710 g/mol. The van der Waals surface area contributed by atoms with Crippen molar-refractivity contribution in [1.82, 2.24) is 15.2 Å². The molecule has 1 saturated heterocycles. The van der Waals surface area contributed by atoms with E-state index in [1.54, 1.807) is 11.5 Å². The van der Waals surface area contributed by atoms with E-state index in [9.17, 15) is 19.2 Å². The Morgan fingerprint density at radius 1 is 1.00 bits per heavy atom. The molecule has 13 nitrogen and oxygen atoms in total. The van der Waals surface area contributed by atoms with E-state index in [-0.39, 0.29) is 29.8 Å². The van der Waals surface area contributed by atoms with Crippen LogP contribution in [0, 0.1) is 0 Å². The molecular weight excluding hydrogens is 659 g/mol. The van der Waals surface area contributed by atoms with Crippen LogP contribution in [0.1, 0.15) is 96.6 Å². The molecule has 0 radical (unpaired) electrons. The smallest absolute Gasteiger partial charge is 0.333 e. The summed E-state index contributed by atoms with van der Waals surface area (Å²) in [5, 5.41) is 11.9. The van der Waals surface area contributed by atoms with Crippen molar-refractivity contribution < 1.29 is 38.2 Å². The number of nitrogens with zero attached hydrogens (tertiary/aromatic N) is 3. The first-order valence-electron chi connectivity index (χ1n) is 17.0. The van der Waals surface area contributed by atoms with Crippen LogP contribution in [0.15, 0.2) is 22.0 Å². The van der Waals surface area contributed by atoms with Crippen molar-refractivity contribution in [1.29, 1.82) is 0 Å². The number of oxime groups is 1. The predicted molar refractivity (Wildman–Crippen MR) is 187 cm³/mol. The van der Waals surface area contributed by atoms with Gasteiger partial charge in [0, 0.05) is 18.6 Å². The number of esters is 1. The number of carbonyl (C=O) groups excluding carboxylic acids is 4. The van der Waals surface area contributed by atoms with Crippen LogP contribution in [0.4, 0.5) is 5.13 Å². The molecule has 2 aliphatic rings.